The molecule has 24 heavy (non-hydrogen) atoms. The van der Waals surface area contributed by atoms with Crippen LogP contribution >= 0.6 is 0 Å². The average Bonchev–Trinajstić information content (AvgIpc) is 2.97. The van der Waals surface area contributed by atoms with E-state index in [2.05, 4.69) is 74.4 Å². The van der Waals surface area contributed by atoms with Gasteiger partial charge in [0.2, 0.25) is 0 Å². The molecule has 128 valence electrons. The van der Waals surface area contributed by atoms with Gasteiger partial charge in [-0.25, -0.2) is 4.99 Å². The minimum Gasteiger partial charge on any atom is -0.370 e. The van der Waals surface area contributed by atoms with E-state index in [-0.39, 0.29) is 12.1 Å². The zero-order valence-corrected chi connectivity index (χ0v) is 15.2. The summed E-state index contributed by atoms with van der Waals surface area (Å²) in [4.78, 5) is 4.68. The third kappa shape index (κ3) is 3.40. The maximum atomic E-state index is 6.01. The number of nitrogens with zero attached hydrogens (tertiary/aromatic N) is 1. The van der Waals surface area contributed by atoms with Crippen molar-refractivity contribution in [2.75, 3.05) is 0 Å². The highest BCUT2D eigenvalue weighted by molar-refractivity contribution is 5.81. The standard InChI is InChI=1S/C21H29N3/c1-13(2)15-5-9-17(10-6-15)19-20(24-21(22)23-19)18-11-7-16(8-12-18)14(3)4/h5-7,9-11,13-14,19-20H,8,12H2,1-4H3,(H3,22,23,24)/t19-,20-/m1/s1. The van der Waals surface area contributed by atoms with Crippen LogP contribution in [0.2, 0.25) is 0 Å². The Balaban J connectivity index is 1.84. The molecule has 0 saturated carbocycles. The van der Waals surface area contributed by atoms with Crippen LogP contribution in [0.5, 0.6) is 0 Å². The zero-order chi connectivity index (χ0) is 17.3. The number of benzene rings is 1. The van der Waals surface area contributed by atoms with Gasteiger partial charge in [0.15, 0.2) is 5.96 Å². The van der Waals surface area contributed by atoms with E-state index in [1.165, 1.54) is 22.3 Å². The maximum Gasteiger partial charge on any atom is 0.189 e. The lowest BCUT2D eigenvalue weighted by molar-refractivity contribution is 0.575. The topological polar surface area (TPSA) is 50.4 Å². The number of hydrogen-bond acceptors (Lipinski definition) is 3. The van der Waals surface area contributed by atoms with Gasteiger partial charge in [-0.3, -0.25) is 0 Å². The van der Waals surface area contributed by atoms with Crippen molar-refractivity contribution in [2.24, 2.45) is 16.6 Å². The second-order valence-corrected chi connectivity index (χ2v) is 7.54. The molecule has 0 spiro atoms. The molecular formula is C21H29N3. The first-order chi connectivity index (χ1) is 11.5. The van der Waals surface area contributed by atoms with E-state index in [9.17, 15) is 0 Å². The summed E-state index contributed by atoms with van der Waals surface area (Å²) in [5.41, 5.74) is 11.5. The Labute approximate surface area is 145 Å². The molecule has 1 heterocycles. The molecule has 1 aromatic rings. The predicted molar refractivity (Wildman–Crippen MR) is 102 cm³/mol. The summed E-state index contributed by atoms with van der Waals surface area (Å²) >= 11 is 0. The summed E-state index contributed by atoms with van der Waals surface area (Å²) in [6, 6.07) is 9.13. The number of aliphatic imine (C=N–C) groups is 1. The summed E-state index contributed by atoms with van der Waals surface area (Å²) in [6.07, 6.45) is 6.76. The van der Waals surface area contributed by atoms with Gasteiger partial charge in [0.25, 0.3) is 0 Å². The molecule has 2 aliphatic rings. The van der Waals surface area contributed by atoms with Crippen molar-refractivity contribution < 1.29 is 0 Å². The number of nitrogens with two attached hydrogens (primary N) is 1. The van der Waals surface area contributed by atoms with Crippen molar-refractivity contribution in [2.45, 2.75) is 58.5 Å². The number of hydrogen-bond donors (Lipinski definition) is 2. The monoisotopic (exact) mass is 323 g/mol. The van der Waals surface area contributed by atoms with Crippen LogP contribution < -0.4 is 11.1 Å². The summed E-state index contributed by atoms with van der Waals surface area (Å²) < 4.78 is 0. The van der Waals surface area contributed by atoms with Gasteiger partial charge < -0.3 is 11.1 Å². The van der Waals surface area contributed by atoms with Crippen LogP contribution in [0.25, 0.3) is 0 Å². The summed E-state index contributed by atoms with van der Waals surface area (Å²) in [6.45, 7) is 8.96. The van der Waals surface area contributed by atoms with Crippen LogP contribution in [0.4, 0.5) is 0 Å². The van der Waals surface area contributed by atoms with E-state index in [0.29, 0.717) is 17.8 Å². The van der Waals surface area contributed by atoms with E-state index in [1.807, 2.05) is 0 Å². The van der Waals surface area contributed by atoms with Crippen molar-refractivity contribution in [1.29, 1.82) is 0 Å². The average molecular weight is 323 g/mol. The van der Waals surface area contributed by atoms with Crippen molar-refractivity contribution in [1.82, 2.24) is 5.32 Å². The second-order valence-electron chi connectivity index (χ2n) is 7.54. The predicted octanol–water partition coefficient (Wildman–Crippen LogP) is 4.44. The molecule has 0 fully saturated rings. The highest BCUT2D eigenvalue weighted by Crippen LogP contribution is 2.34. The fourth-order valence-electron chi connectivity index (χ4n) is 3.55. The molecule has 3 N–H and O–H groups in total. The molecule has 3 heteroatoms. The Morgan fingerprint density at radius 1 is 1.00 bits per heavy atom. The molecule has 1 aliphatic heterocycles. The third-order valence-electron chi connectivity index (χ3n) is 5.19. The minimum absolute atomic E-state index is 0.111. The number of nitrogens with one attached hydrogen (secondary N) is 1. The van der Waals surface area contributed by atoms with Gasteiger partial charge >= 0.3 is 0 Å². The van der Waals surface area contributed by atoms with Crippen molar-refractivity contribution >= 4 is 5.96 Å². The molecule has 0 unspecified atom stereocenters. The molecule has 0 amide bonds. The molecule has 0 bridgehead atoms. The largest absolute Gasteiger partial charge is 0.370 e. The number of rotatable bonds is 4. The van der Waals surface area contributed by atoms with E-state index in [1.54, 1.807) is 0 Å². The molecule has 1 aromatic carbocycles. The fourth-order valence-corrected chi connectivity index (χ4v) is 3.55. The van der Waals surface area contributed by atoms with Crippen molar-refractivity contribution in [3.05, 3.63) is 58.7 Å². The molecule has 1 aliphatic carbocycles. The van der Waals surface area contributed by atoms with Gasteiger partial charge in [-0.1, -0.05) is 69.7 Å². The fraction of sp³-hybridized carbons (Fsp3) is 0.476. The van der Waals surface area contributed by atoms with Crippen LogP contribution in [0, 0.1) is 5.92 Å². The summed E-state index contributed by atoms with van der Waals surface area (Å²) in [5.74, 6) is 1.73. The number of guanidine groups is 1. The highest BCUT2D eigenvalue weighted by Gasteiger charge is 2.32. The normalized spacial score (nSPS) is 23.8. The first kappa shape index (κ1) is 16.8. The molecule has 2 atom stereocenters. The summed E-state index contributed by atoms with van der Waals surface area (Å²) in [7, 11) is 0. The Kier molecular flexibility index (Phi) is 4.79. The van der Waals surface area contributed by atoms with Crippen LogP contribution in [0.1, 0.15) is 63.6 Å². The third-order valence-corrected chi connectivity index (χ3v) is 5.19. The number of allylic oxidation sites excluding steroid dienone is 3. The Morgan fingerprint density at radius 2 is 1.71 bits per heavy atom. The van der Waals surface area contributed by atoms with Crippen molar-refractivity contribution in [3.63, 3.8) is 0 Å². The summed E-state index contributed by atoms with van der Waals surface area (Å²) in [5, 5.41) is 3.37. The van der Waals surface area contributed by atoms with Crippen LogP contribution in [0.3, 0.4) is 0 Å². The lowest BCUT2D eigenvalue weighted by Gasteiger charge is -2.25. The van der Waals surface area contributed by atoms with Gasteiger partial charge in [-0.15, -0.1) is 0 Å². The van der Waals surface area contributed by atoms with Crippen LogP contribution in [-0.4, -0.2) is 12.0 Å². The van der Waals surface area contributed by atoms with Gasteiger partial charge in [0.05, 0.1) is 12.1 Å². The van der Waals surface area contributed by atoms with E-state index >= 15 is 0 Å². The molecule has 0 saturated heterocycles. The Morgan fingerprint density at radius 3 is 2.25 bits per heavy atom. The second kappa shape index (κ2) is 6.84. The smallest absolute Gasteiger partial charge is 0.189 e. The molecular weight excluding hydrogens is 294 g/mol. The van der Waals surface area contributed by atoms with Gasteiger partial charge in [0.1, 0.15) is 0 Å². The van der Waals surface area contributed by atoms with E-state index < -0.39 is 0 Å². The van der Waals surface area contributed by atoms with E-state index in [0.717, 1.165) is 12.8 Å². The van der Waals surface area contributed by atoms with Crippen LogP contribution in [0.15, 0.2) is 52.6 Å². The zero-order valence-electron chi connectivity index (χ0n) is 15.2. The first-order valence-corrected chi connectivity index (χ1v) is 9.05. The van der Waals surface area contributed by atoms with Gasteiger partial charge in [0, 0.05) is 0 Å². The van der Waals surface area contributed by atoms with Crippen molar-refractivity contribution in [3.8, 4) is 0 Å². The molecule has 0 aromatic heterocycles. The highest BCUT2D eigenvalue weighted by atomic mass is 15.2. The van der Waals surface area contributed by atoms with E-state index in [4.69, 9.17) is 5.73 Å². The minimum atomic E-state index is 0.111. The molecule has 3 nitrogen and oxygen atoms in total. The van der Waals surface area contributed by atoms with Gasteiger partial charge in [-0.05, 0) is 41.4 Å². The Bertz CT molecular complexity index is 678. The Hall–Kier alpha value is -2.03. The maximum absolute atomic E-state index is 6.01. The SMILES string of the molecule is CC(C)C1=CC=C([C@H]2N=C(N)N[C@@H]2c2ccc(C(C)C)cc2)CC1. The van der Waals surface area contributed by atoms with Gasteiger partial charge in [-0.2, -0.15) is 0 Å². The molecule has 3 rings (SSSR count). The molecule has 0 radical (unpaired) electrons. The first-order valence-electron chi connectivity index (χ1n) is 9.05. The quantitative estimate of drug-likeness (QED) is 0.860. The van der Waals surface area contributed by atoms with Crippen LogP contribution in [-0.2, 0) is 0 Å². The lowest BCUT2D eigenvalue weighted by atomic mass is 9.85. The lowest BCUT2D eigenvalue weighted by Crippen LogP contribution is -2.32.